The highest BCUT2D eigenvalue weighted by Crippen LogP contribution is 2.30. The topological polar surface area (TPSA) is 52.7 Å². The molecule has 0 radical (unpaired) electrons. The third-order valence-electron chi connectivity index (χ3n) is 4.35. The second-order valence-electron chi connectivity index (χ2n) is 6.09. The second kappa shape index (κ2) is 7.86. The second-order valence-corrected chi connectivity index (χ2v) is 6.09. The van der Waals surface area contributed by atoms with E-state index in [1.54, 1.807) is 18.0 Å². The van der Waals surface area contributed by atoms with Gasteiger partial charge in [0.2, 0.25) is 11.8 Å². The minimum absolute atomic E-state index is 0.00906. The van der Waals surface area contributed by atoms with Crippen molar-refractivity contribution in [1.82, 2.24) is 15.1 Å². The lowest BCUT2D eigenvalue weighted by atomic mass is 10.0. The molecule has 1 aliphatic rings. The fraction of sp³-hybridized carbons (Fsp3) is 0.529. The normalized spacial score (nSPS) is 18.8. The summed E-state index contributed by atoms with van der Waals surface area (Å²) in [5, 5.41) is 2.71. The lowest BCUT2D eigenvalue weighted by Crippen LogP contribution is -2.56. The molecule has 5 nitrogen and oxygen atoms in total. The number of rotatable bonds is 5. The van der Waals surface area contributed by atoms with Crippen LogP contribution in [0.5, 0.6) is 0 Å². The first-order valence-electron chi connectivity index (χ1n) is 8.14. The number of benzene rings is 1. The maximum absolute atomic E-state index is 12.9. The molecule has 138 valence electrons. The van der Waals surface area contributed by atoms with Crippen LogP contribution in [0.2, 0.25) is 0 Å². The van der Waals surface area contributed by atoms with E-state index in [1.807, 2.05) is 6.92 Å². The predicted molar refractivity (Wildman–Crippen MR) is 86.6 cm³/mol. The lowest BCUT2D eigenvalue weighted by molar-refractivity contribution is -0.138. The van der Waals surface area contributed by atoms with Crippen molar-refractivity contribution < 1.29 is 22.8 Å². The Hall–Kier alpha value is -2.09. The van der Waals surface area contributed by atoms with Crippen molar-refractivity contribution in [1.29, 1.82) is 0 Å². The summed E-state index contributed by atoms with van der Waals surface area (Å²) in [4.78, 5) is 27.6. The Balaban J connectivity index is 2.15. The Morgan fingerprint density at radius 3 is 2.76 bits per heavy atom. The quantitative estimate of drug-likeness (QED) is 0.875. The van der Waals surface area contributed by atoms with Gasteiger partial charge < -0.3 is 10.2 Å². The van der Waals surface area contributed by atoms with E-state index in [1.165, 1.54) is 11.0 Å². The van der Waals surface area contributed by atoms with E-state index in [4.69, 9.17) is 0 Å². The first-order chi connectivity index (χ1) is 11.7. The number of nitrogens with zero attached hydrogens (tertiary/aromatic N) is 2. The lowest BCUT2D eigenvalue weighted by Gasteiger charge is -2.35. The molecule has 0 spiro atoms. The maximum Gasteiger partial charge on any atom is 0.416 e. The third-order valence-corrected chi connectivity index (χ3v) is 4.35. The first kappa shape index (κ1) is 19.2. The van der Waals surface area contributed by atoms with Gasteiger partial charge >= 0.3 is 6.18 Å². The van der Waals surface area contributed by atoms with E-state index in [0.29, 0.717) is 25.2 Å². The molecule has 1 heterocycles. The molecule has 1 fully saturated rings. The summed E-state index contributed by atoms with van der Waals surface area (Å²) in [5.41, 5.74) is -0.254. The van der Waals surface area contributed by atoms with Crippen LogP contribution in [0, 0.1) is 0 Å². The minimum Gasteiger partial charge on any atom is -0.353 e. The van der Waals surface area contributed by atoms with E-state index in [2.05, 4.69) is 5.32 Å². The summed E-state index contributed by atoms with van der Waals surface area (Å²) in [6, 6.07) is 4.38. The van der Waals surface area contributed by atoms with Crippen molar-refractivity contribution in [2.24, 2.45) is 0 Å². The molecule has 1 aliphatic heterocycles. The number of alkyl halides is 3. The highest BCUT2D eigenvalue weighted by molar-refractivity contribution is 5.88. The van der Waals surface area contributed by atoms with Crippen LogP contribution >= 0.6 is 0 Å². The van der Waals surface area contributed by atoms with E-state index in [-0.39, 0.29) is 24.8 Å². The van der Waals surface area contributed by atoms with Crippen LogP contribution in [0.15, 0.2) is 24.3 Å². The predicted octanol–water partition coefficient (Wildman–Crippen LogP) is 1.87. The summed E-state index contributed by atoms with van der Waals surface area (Å²) in [6.45, 7) is 3.44. The van der Waals surface area contributed by atoms with Crippen LogP contribution in [0.4, 0.5) is 13.2 Å². The Labute approximate surface area is 144 Å². The zero-order valence-electron chi connectivity index (χ0n) is 14.3. The van der Waals surface area contributed by atoms with Gasteiger partial charge in [0.15, 0.2) is 0 Å². The van der Waals surface area contributed by atoms with Gasteiger partial charge in [-0.1, -0.05) is 18.2 Å². The van der Waals surface area contributed by atoms with Crippen molar-refractivity contribution in [3.05, 3.63) is 35.4 Å². The third kappa shape index (κ3) is 4.94. The summed E-state index contributed by atoms with van der Waals surface area (Å²) >= 11 is 0. The Bertz CT molecular complexity index is 634. The van der Waals surface area contributed by atoms with Crippen molar-refractivity contribution in [3.63, 3.8) is 0 Å². The Kier molecular flexibility index (Phi) is 6.05. The molecule has 0 aliphatic carbocycles. The van der Waals surface area contributed by atoms with Gasteiger partial charge in [0, 0.05) is 33.2 Å². The molecular weight excluding hydrogens is 335 g/mol. The number of hydrogen-bond acceptors (Lipinski definition) is 3. The van der Waals surface area contributed by atoms with Crippen LogP contribution in [0.1, 0.15) is 24.5 Å². The number of carbonyl (C=O) groups excluding carboxylic acids is 2. The number of nitrogens with one attached hydrogen (secondary N) is 1. The molecule has 2 amide bonds. The number of halogens is 3. The van der Waals surface area contributed by atoms with Crippen LogP contribution in [0.3, 0.4) is 0 Å². The van der Waals surface area contributed by atoms with Crippen LogP contribution in [-0.4, -0.2) is 54.3 Å². The molecule has 1 aromatic carbocycles. The van der Waals surface area contributed by atoms with Gasteiger partial charge in [-0.25, -0.2) is 0 Å². The smallest absolute Gasteiger partial charge is 0.353 e. The van der Waals surface area contributed by atoms with E-state index < -0.39 is 17.8 Å². The summed E-state index contributed by atoms with van der Waals surface area (Å²) in [7, 11) is 1.65. The van der Waals surface area contributed by atoms with Gasteiger partial charge in [-0.15, -0.1) is 0 Å². The molecule has 1 N–H and O–H groups in total. The van der Waals surface area contributed by atoms with Gasteiger partial charge in [0.1, 0.15) is 0 Å². The van der Waals surface area contributed by atoms with Gasteiger partial charge in [-0.3, -0.25) is 14.5 Å². The van der Waals surface area contributed by atoms with E-state index in [9.17, 15) is 22.8 Å². The molecule has 25 heavy (non-hydrogen) atoms. The van der Waals surface area contributed by atoms with Crippen LogP contribution < -0.4 is 5.32 Å². The summed E-state index contributed by atoms with van der Waals surface area (Å²) in [5.74, 6) is -0.435. The number of piperazine rings is 1. The minimum atomic E-state index is -4.41. The number of hydrogen-bond donors (Lipinski definition) is 1. The van der Waals surface area contributed by atoms with Crippen LogP contribution in [-0.2, 0) is 22.3 Å². The SMILES string of the molecule is CCN(C)C(=O)C[C@H]1C(=O)NCCN1Cc1cccc(C(F)(F)F)c1. The average Bonchev–Trinajstić information content (AvgIpc) is 2.56. The average molecular weight is 357 g/mol. The molecule has 0 unspecified atom stereocenters. The Morgan fingerprint density at radius 2 is 2.12 bits per heavy atom. The van der Waals surface area contributed by atoms with Crippen molar-refractivity contribution in [2.45, 2.75) is 32.1 Å². The summed E-state index contributed by atoms with van der Waals surface area (Å²) < 4.78 is 38.6. The molecule has 0 aromatic heterocycles. The highest BCUT2D eigenvalue weighted by atomic mass is 19.4. The molecule has 1 aromatic rings. The molecule has 8 heteroatoms. The molecule has 0 saturated carbocycles. The highest BCUT2D eigenvalue weighted by Gasteiger charge is 2.33. The zero-order valence-corrected chi connectivity index (χ0v) is 14.3. The molecule has 1 atom stereocenters. The monoisotopic (exact) mass is 357 g/mol. The van der Waals surface area contributed by atoms with Crippen molar-refractivity contribution in [3.8, 4) is 0 Å². The van der Waals surface area contributed by atoms with Gasteiger partial charge in [-0.05, 0) is 18.6 Å². The number of carbonyl (C=O) groups is 2. The summed E-state index contributed by atoms with van der Waals surface area (Å²) in [6.07, 6.45) is -4.40. The zero-order chi connectivity index (χ0) is 18.6. The number of amides is 2. The van der Waals surface area contributed by atoms with Gasteiger partial charge in [-0.2, -0.15) is 13.2 Å². The maximum atomic E-state index is 12.9. The first-order valence-corrected chi connectivity index (χ1v) is 8.14. The van der Waals surface area contributed by atoms with E-state index in [0.717, 1.165) is 12.1 Å². The largest absolute Gasteiger partial charge is 0.416 e. The molecule has 2 rings (SSSR count). The molecule has 0 bridgehead atoms. The van der Waals surface area contributed by atoms with Crippen molar-refractivity contribution in [2.75, 3.05) is 26.7 Å². The van der Waals surface area contributed by atoms with Gasteiger partial charge in [0.25, 0.3) is 0 Å². The molecule has 1 saturated heterocycles. The van der Waals surface area contributed by atoms with Gasteiger partial charge in [0.05, 0.1) is 18.0 Å². The Morgan fingerprint density at radius 1 is 1.40 bits per heavy atom. The van der Waals surface area contributed by atoms with Crippen molar-refractivity contribution >= 4 is 11.8 Å². The standard InChI is InChI=1S/C17H22F3N3O2/c1-3-22(2)15(24)10-14-16(25)21-7-8-23(14)11-12-5-4-6-13(9-12)17(18,19)20/h4-6,9,14H,3,7-8,10-11H2,1-2H3,(H,21,25)/t14-/m0/s1. The molecular formula is C17H22F3N3O2. The fourth-order valence-electron chi connectivity index (χ4n) is 2.75. The fourth-order valence-corrected chi connectivity index (χ4v) is 2.75. The van der Waals surface area contributed by atoms with E-state index >= 15 is 0 Å². The van der Waals surface area contributed by atoms with Crippen LogP contribution in [0.25, 0.3) is 0 Å².